The van der Waals surface area contributed by atoms with Crippen LogP contribution in [0.5, 0.6) is 5.75 Å². The minimum Gasteiger partial charge on any atom is -0.497 e. The van der Waals surface area contributed by atoms with Crippen molar-refractivity contribution in [2.24, 2.45) is 0 Å². The molecule has 32 heavy (non-hydrogen) atoms. The number of hydrogen-bond acceptors (Lipinski definition) is 4. The van der Waals surface area contributed by atoms with E-state index in [2.05, 4.69) is 15.5 Å². The molecule has 0 unspecified atom stereocenters. The number of carbonyl (C=O) groups excluding carboxylic acids is 1. The monoisotopic (exact) mass is 428 g/mol. The topological polar surface area (TPSA) is 61.5 Å². The predicted molar refractivity (Wildman–Crippen MR) is 126 cm³/mol. The summed E-state index contributed by atoms with van der Waals surface area (Å²) in [6.07, 6.45) is 0.903. The molecule has 1 aliphatic rings. The summed E-state index contributed by atoms with van der Waals surface area (Å²) in [5.74, 6) is 0.868. The van der Waals surface area contributed by atoms with Gasteiger partial charge in [0.15, 0.2) is 0 Å². The SMILES string of the molecule is COc1cccc(-n2c(C)cc(C(=O)N3CCCN(c4ccc(C#N)cc4)CC3)c2C)c1. The summed E-state index contributed by atoms with van der Waals surface area (Å²) in [7, 11) is 1.66. The molecule has 0 spiro atoms. The van der Waals surface area contributed by atoms with Gasteiger partial charge in [0.1, 0.15) is 5.75 Å². The first kappa shape index (κ1) is 21.5. The highest BCUT2D eigenvalue weighted by Crippen LogP contribution is 2.25. The maximum Gasteiger partial charge on any atom is 0.255 e. The molecule has 1 saturated heterocycles. The van der Waals surface area contributed by atoms with Gasteiger partial charge in [-0.15, -0.1) is 0 Å². The van der Waals surface area contributed by atoms with Crippen LogP contribution in [-0.4, -0.2) is 48.7 Å². The van der Waals surface area contributed by atoms with E-state index in [0.29, 0.717) is 12.1 Å². The summed E-state index contributed by atoms with van der Waals surface area (Å²) in [6.45, 7) is 7.08. The van der Waals surface area contributed by atoms with Crippen molar-refractivity contribution in [1.29, 1.82) is 5.26 Å². The largest absolute Gasteiger partial charge is 0.497 e. The molecule has 0 bridgehead atoms. The van der Waals surface area contributed by atoms with Crippen molar-refractivity contribution in [2.45, 2.75) is 20.3 Å². The molecule has 1 aliphatic heterocycles. The van der Waals surface area contributed by atoms with Crippen LogP contribution in [-0.2, 0) is 0 Å². The number of aryl methyl sites for hydroxylation is 1. The van der Waals surface area contributed by atoms with Crippen LogP contribution in [0, 0.1) is 25.2 Å². The Morgan fingerprint density at radius 2 is 1.75 bits per heavy atom. The van der Waals surface area contributed by atoms with Gasteiger partial charge in [-0.1, -0.05) is 6.07 Å². The first-order chi connectivity index (χ1) is 15.5. The van der Waals surface area contributed by atoms with E-state index in [-0.39, 0.29) is 5.91 Å². The number of benzene rings is 2. The normalized spacial score (nSPS) is 14.1. The zero-order chi connectivity index (χ0) is 22.7. The van der Waals surface area contributed by atoms with Gasteiger partial charge in [-0.25, -0.2) is 0 Å². The fraction of sp³-hybridized carbons (Fsp3) is 0.308. The molecule has 0 N–H and O–H groups in total. The molecule has 4 rings (SSSR count). The Morgan fingerprint density at radius 3 is 2.47 bits per heavy atom. The van der Waals surface area contributed by atoms with Crippen LogP contribution in [0.25, 0.3) is 5.69 Å². The average Bonchev–Trinajstić information content (AvgIpc) is 2.98. The molecule has 3 aromatic rings. The van der Waals surface area contributed by atoms with E-state index in [9.17, 15) is 4.79 Å². The third kappa shape index (κ3) is 4.19. The molecule has 0 aliphatic carbocycles. The Hall–Kier alpha value is -3.72. The van der Waals surface area contributed by atoms with Gasteiger partial charge in [-0.05, 0) is 62.7 Å². The van der Waals surface area contributed by atoms with Crippen molar-refractivity contribution in [1.82, 2.24) is 9.47 Å². The lowest BCUT2D eigenvalue weighted by atomic mass is 10.2. The van der Waals surface area contributed by atoms with Gasteiger partial charge in [0.25, 0.3) is 5.91 Å². The van der Waals surface area contributed by atoms with Crippen molar-refractivity contribution in [3.05, 3.63) is 77.1 Å². The van der Waals surface area contributed by atoms with Gasteiger partial charge < -0.3 is 19.1 Å². The van der Waals surface area contributed by atoms with Crippen molar-refractivity contribution in [2.75, 3.05) is 38.2 Å². The minimum atomic E-state index is 0.0777. The molecule has 0 radical (unpaired) electrons. The molecule has 164 valence electrons. The van der Waals surface area contributed by atoms with Crippen LogP contribution in [0.4, 0.5) is 5.69 Å². The highest BCUT2D eigenvalue weighted by atomic mass is 16.5. The van der Waals surface area contributed by atoms with Crippen LogP contribution in [0.15, 0.2) is 54.6 Å². The van der Waals surface area contributed by atoms with E-state index >= 15 is 0 Å². The lowest BCUT2D eigenvalue weighted by molar-refractivity contribution is 0.0766. The summed E-state index contributed by atoms with van der Waals surface area (Å²) in [6, 6.07) is 19.7. The van der Waals surface area contributed by atoms with Crippen molar-refractivity contribution >= 4 is 11.6 Å². The number of anilines is 1. The number of methoxy groups -OCH3 is 1. The number of aromatic nitrogens is 1. The standard InChI is InChI=1S/C26H28N4O2/c1-19-16-25(20(2)30(19)23-6-4-7-24(17-23)32-3)26(31)29-13-5-12-28(14-15-29)22-10-8-21(18-27)9-11-22/h4,6-11,16-17H,5,12-15H2,1-3H3. The quantitative estimate of drug-likeness (QED) is 0.621. The number of carbonyl (C=O) groups is 1. The van der Waals surface area contributed by atoms with Gasteiger partial charge in [0.05, 0.1) is 24.3 Å². The number of nitriles is 1. The predicted octanol–water partition coefficient (Wildman–Crippen LogP) is 4.33. The molecule has 1 amide bonds. The minimum absolute atomic E-state index is 0.0777. The number of nitrogens with zero attached hydrogens (tertiary/aromatic N) is 4. The van der Waals surface area contributed by atoms with Gasteiger partial charge in [0.2, 0.25) is 0 Å². The summed E-state index contributed by atoms with van der Waals surface area (Å²) < 4.78 is 7.48. The Labute approximate surface area is 189 Å². The second kappa shape index (κ2) is 9.19. The van der Waals surface area contributed by atoms with Crippen LogP contribution in [0.2, 0.25) is 0 Å². The first-order valence-electron chi connectivity index (χ1n) is 10.9. The fourth-order valence-electron chi connectivity index (χ4n) is 4.42. The second-order valence-electron chi connectivity index (χ2n) is 8.11. The summed E-state index contributed by atoms with van der Waals surface area (Å²) in [5.41, 5.74) is 5.45. The van der Waals surface area contributed by atoms with E-state index in [1.807, 2.05) is 73.3 Å². The number of hydrogen-bond donors (Lipinski definition) is 0. The van der Waals surface area contributed by atoms with E-state index < -0.39 is 0 Å². The third-order valence-electron chi connectivity index (χ3n) is 6.12. The second-order valence-corrected chi connectivity index (χ2v) is 8.11. The zero-order valence-corrected chi connectivity index (χ0v) is 18.8. The van der Waals surface area contributed by atoms with Crippen LogP contribution < -0.4 is 9.64 Å². The average molecular weight is 429 g/mol. The van der Waals surface area contributed by atoms with Gasteiger partial charge >= 0.3 is 0 Å². The fourth-order valence-corrected chi connectivity index (χ4v) is 4.42. The maximum absolute atomic E-state index is 13.5. The number of rotatable bonds is 4. The Kier molecular flexibility index (Phi) is 6.18. The molecule has 2 heterocycles. The molecule has 6 heteroatoms. The van der Waals surface area contributed by atoms with Gasteiger partial charge in [-0.3, -0.25) is 4.79 Å². The Balaban J connectivity index is 1.52. The Bertz CT molecular complexity index is 1160. The zero-order valence-electron chi connectivity index (χ0n) is 18.8. The molecule has 1 fully saturated rings. The molecule has 0 saturated carbocycles. The van der Waals surface area contributed by atoms with Crippen LogP contribution in [0.3, 0.4) is 0 Å². The highest BCUT2D eigenvalue weighted by molar-refractivity contribution is 5.96. The van der Waals surface area contributed by atoms with Gasteiger partial charge in [-0.2, -0.15) is 5.26 Å². The van der Waals surface area contributed by atoms with Crippen molar-refractivity contribution in [3.63, 3.8) is 0 Å². The lowest BCUT2D eigenvalue weighted by Crippen LogP contribution is -2.35. The van der Waals surface area contributed by atoms with Gasteiger partial charge in [0, 0.05) is 55.0 Å². The highest BCUT2D eigenvalue weighted by Gasteiger charge is 2.24. The summed E-state index contributed by atoms with van der Waals surface area (Å²) in [5, 5.41) is 9.01. The van der Waals surface area contributed by atoms with E-state index in [0.717, 1.165) is 60.1 Å². The van der Waals surface area contributed by atoms with E-state index in [4.69, 9.17) is 10.00 Å². The van der Waals surface area contributed by atoms with Crippen LogP contribution in [0.1, 0.15) is 33.7 Å². The Morgan fingerprint density at radius 1 is 0.969 bits per heavy atom. The molecular weight excluding hydrogens is 400 g/mol. The third-order valence-corrected chi connectivity index (χ3v) is 6.12. The summed E-state index contributed by atoms with van der Waals surface area (Å²) in [4.78, 5) is 17.7. The van der Waals surface area contributed by atoms with Crippen molar-refractivity contribution in [3.8, 4) is 17.5 Å². The molecule has 6 nitrogen and oxygen atoms in total. The summed E-state index contributed by atoms with van der Waals surface area (Å²) >= 11 is 0. The van der Waals surface area contributed by atoms with Crippen molar-refractivity contribution < 1.29 is 9.53 Å². The van der Waals surface area contributed by atoms with Crippen LogP contribution >= 0.6 is 0 Å². The first-order valence-corrected chi connectivity index (χ1v) is 10.9. The molecule has 1 aromatic heterocycles. The molecule has 2 aromatic carbocycles. The molecular formula is C26H28N4O2. The number of amides is 1. The lowest BCUT2D eigenvalue weighted by Gasteiger charge is -2.24. The van der Waals surface area contributed by atoms with E-state index in [1.165, 1.54) is 0 Å². The number of ether oxygens (including phenoxy) is 1. The maximum atomic E-state index is 13.5. The smallest absolute Gasteiger partial charge is 0.255 e. The van der Waals surface area contributed by atoms with E-state index in [1.54, 1.807) is 7.11 Å². The molecule has 0 atom stereocenters.